The molecule has 5 heterocycles. The van der Waals surface area contributed by atoms with Gasteiger partial charge < -0.3 is 40.0 Å². The van der Waals surface area contributed by atoms with Gasteiger partial charge in [-0.25, -0.2) is 9.78 Å². The number of hydrogen-bond acceptors (Lipinski definition) is 9. The monoisotopic (exact) mass is 641 g/mol. The van der Waals surface area contributed by atoms with Gasteiger partial charge in [0.2, 0.25) is 5.91 Å². The lowest BCUT2D eigenvalue weighted by Crippen LogP contribution is -2.55. The van der Waals surface area contributed by atoms with Crippen LogP contribution >= 0.6 is 0 Å². The van der Waals surface area contributed by atoms with Crippen molar-refractivity contribution >= 4 is 17.8 Å². The van der Waals surface area contributed by atoms with Crippen LogP contribution in [-0.4, -0.2) is 90.5 Å². The van der Waals surface area contributed by atoms with E-state index in [1.54, 1.807) is 4.90 Å². The van der Waals surface area contributed by atoms with Gasteiger partial charge in [0, 0.05) is 6.42 Å². The van der Waals surface area contributed by atoms with Gasteiger partial charge in [-0.05, 0) is 47.6 Å². The molecule has 0 saturated carbocycles. The van der Waals surface area contributed by atoms with E-state index in [9.17, 15) is 9.59 Å². The Morgan fingerprint density at radius 2 is 1.72 bits per heavy atom. The summed E-state index contributed by atoms with van der Waals surface area (Å²) in [6.45, 7) is 6.59. The molecule has 12 heteroatoms. The van der Waals surface area contributed by atoms with E-state index in [-0.39, 0.29) is 30.5 Å². The number of carbonyl (C=O) groups is 2. The van der Waals surface area contributed by atoms with Gasteiger partial charge in [-0.2, -0.15) is 0 Å². The SMILES string of the molecule is COC(=O)N[C@H](C(=O)N1CC2(C[C@H]1C1=NCC(c3ccc(-c4ccc(-c5cnc([C@@H]6CCCN6)[nH]5)cc4)cc3)N1)OCCO2)C(C)C. The second-order valence-electron chi connectivity index (χ2n) is 13.1. The predicted molar refractivity (Wildman–Crippen MR) is 177 cm³/mol. The summed E-state index contributed by atoms with van der Waals surface area (Å²) >= 11 is 0. The van der Waals surface area contributed by atoms with Crippen molar-refractivity contribution in [1.29, 1.82) is 0 Å². The summed E-state index contributed by atoms with van der Waals surface area (Å²) in [7, 11) is 1.29. The molecule has 12 nitrogen and oxygen atoms in total. The van der Waals surface area contributed by atoms with Crippen LogP contribution in [0.15, 0.2) is 59.7 Å². The van der Waals surface area contributed by atoms with Crippen LogP contribution in [0.1, 0.15) is 56.6 Å². The van der Waals surface area contributed by atoms with Crippen LogP contribution in [0.25, 0.3) is 22.4 Å². The number of hydrogen-bond donors (Lipinski definition) is 4. The lowest BCUT2D eigenvalue weighted by atomic mass is 9.99. The molecule has 4 atom stereocenters. The number of methoxy groups -OCH3 is 1. The van der Waals surface area contributed by atoms with Gasteiger partial charge in [0.1, 0.15) is 17.7 Å². The number of amides is 2. The van der Waals surface area contributed by atoms with E-state index in [2.05, 4.69) is 74.4 Å². The minimum Gasteiger partial charge on any atom is -0.453 e. The molecule has 0 bridgehead atoms. The zero-order chi connectivity index (χ0) is 32.5. The van der Waals surface area contributed by atoms with Gasteiger partial charge >= 0.3 is 6.09 Å². The number of carbonyl (C=O) groups excluding carboxylic acids is 2. The largest absolute Gasteiger partial charge is 0.453 e. The van der Waals surface area contributed by atoms with Crippen molar-refractivity contribution in [2.75, 3.05) is 40.0 Å². The number of rotatable bonds is 8. The Morgan fingerprint density at radius 3 is 2.38 bits per heavy atom. The highest BCUT2D eigenvalue weighted by Crippen LogP contribution is 2.37. The number of ether oxygens (including phenoxy) is 3. The summed E-state index contributed by atoms with van der Waals surface area (Å²) in [6.07, 6.45) is 4.04. The number of aliphatic imine (C=N–C) groups is 1. The highest BCUT2D eigenvalue weighted by Gasteiger charge is 2.53. The maximum atomic E-state index is 13.9. The molecule has 248 valence electrons. The van der Waals surface area contributed by atoms with Crippen LogP contribution in [0.4, 0.5) is 4.79 Å². The number of aromatic amines is 1. The maximum Gasteiger partial charge on any atom is 0.407 e. The molecule has 4 N–H and O–H groups in total. The van der Waals surface area contributed by atoms with E-state index in [4.69, 9.17) is 19.2 Å². The van der Waals surface area contributed by atoms with Crippen molar-refractivity contribution in [3.05, 3.63) is 66.1 Å². The Hall–Kier alpha value is -4.26. The minimum atomic E-state index is -0.876. The molecular weight excluding hydrogens is 598 g/mol. The van der Waals surface area contributed by atoms with Crippen molar-refractivity contribution in [2.45, 2.75) is 63.1 Å². The number of imidazole rings is 1. The number of alkyl carbamates (subject to hydrolysis) is 1. The summed E-state index contributed by atoms with van der Waals surface area (Å²) in [5, 5.41) is 9.79. The van der Waals surface area contributed by atoms with Crippen LogP contribution in [-0.2, 0) is 19.0 Å². The molecule has 1 unspecified atom stereocenters. The van der Waals surface area contributed by atoms with E-state index in [1.807, 2.05) is 20.0 Å². The van der Waals surface area contributed by atoms with E-state index < -0.39 is 17.9 Å². The highest BCUT2D eigenvalue weighted by atomic mass is 16.7. The molecule has 4 aliphatic rings. The number of amidine groups is 1. The van der Waals surface area contributed by atoms with Gasteiger partial charge in [-0.3, -0.25) is 9.79 Å². The smallest absolute Gasteiger partial charge is 0.407 e. The van der Waals surface area contributed by atoms with Crippen LogP contribution in [0.3, 0.4) is 0 Å². The zero-order valence-corrected chi connectivity index (χ0v) is 27.1. The van der Waals surface area contributed by atoms with Crippen molar-refractivity contribution in [3.63, 3.8) is 0 Å². The molecule has 4 aliphatic heterocycles. The lowest BCUT2D eigenvalue weighted by Gasteiger charge is -2.31. The number of aromatic nitrogens is 2. The van der Waals surface area contributed by atoms with Crippen LogP contribution in [0.2, 0.25) is 0 Å². The van der Waals surface area contributed by atoms with Gasteiger partial charge in [-0.15, -0.1) is 0 Å². The summed E-state index contributed by atoms with van der Waals surface area (Å²) < 4.78 is 16.8. The van der Waals surface area contributed by atoms with Gasteiger partial charge in [0.25, 0.3) is 0 Å². The zero-order valence-electron chi connectivity index (χ0n) is 27.1. The molecule has 2 amide bonds. The maximum absolute atomic E-state index is 13.9. The Balaban J connectivity index is 1.02. The Bertz CT molecular complexity index is 1610. The lowest BCUT2D eigenvalue weighted by molar-refractivity contribution is -0.153. The van der Waals surface area contributed by atoms with Crippen molar-refractivity contribution in [2.24, 2.45) is 10.9 Å². The summed E-state index contributed by atoms with van der Waals surface area (Å²) in [4.78, 5) is 40.6. The Morgan fingerprint density at radius 1 is 1.02 bits per heavy atom. The number of likely N-dealkylation sites (tertiary alicyclic amines) is 1. The fraction of sp³-hybridized carbons (Fsp3) is 0.486. The normalized spacial score (nSPS) is 24.0. The van der Waals surface area contributed by atoms with Crippen molar-refractivity contribution < 1.29 is 23.8 Å². The van der Waals surface area contributed by atoms with Gasteiger partial charge in [-0.1, -0.05) is 62.4 Å². The second kappa shape index (κ2) is 13.1. The van der Waals surface area contributed by atoms with Gasteiger partial charge in [0.05, 0.1) is 63.4 Å². The molecule has 7 rings (SSSR count). The van der Waals surface area contributed by atoms with E-state index in [0.717, 1.165) is 52.6 Å². The molecule has 3 saturated heterocycles. The number of nitrogens with one attached hydrogen (secondary N) is 4. The molecule has 3 aromatic rings. The minimum absolute atomic E-state index is 0.0293. The first-order valence-electron chi connectivity index (χ1n) is 16.6. The number of benzene rings is 2. The molecular formula is C35H43N7O5. The number of H-pyrrole nitrogens is 1. The van der Waals surface area contributed by atoms with E-state index in [0.29, 0.717) is 32.2 Å². The average Bonchev–Trinajstić information content (AvgIpc) is 3.94. The Kier molecular flexibility index (Phi) is 8.73. The predicted octanol–water partition coefficient (Wildman–Crippen LogP) is 3.94. The van der Waals surface area contributed by atoms with E-state index in [1.165, 1.54) is 13.5 Å². The van der Waals surface area contributed by atoms with Gasteiger partial charge in [0.15, 0.2) is 5.79 Å². The first kappa shape index (κ1) is 31.3. The van der Waals surface area contributed by atoms with Crippen LogP contribution in [0, 0.1) is 5.92 Å². The third-order valence-electron chi connectivity index (χ3n) is 9.69. The van der Waals surface area contributed by atoms with E-state index >= 15 is 0 Å². The second-order valence-corrected chi connectivity index (χ2v) is 13.1. The molecule has 1 aromatic heterocycles. The standard InChI is InChI=1S/C35H43N7O5/c1-21(2)30(41-34(44)45-3)33(43)42-20-35(46-15-16-47-35)17-29(42)32-38-19-28(40-32)25-12-8-23(9-13-25)22-6-10-24(11-7-22)27-18-37-31(39-27)26-5-4-14-36-26/h6-13,18,21,26,28-30,36H,4-5,14-17,19-20H2,1-3H3,(H,37,39)(H,38,40)(H,41,44)/t26-,28?,29-,30-/m0/s1. The van der Waals surface area contributed by atoms with Crippen molar-refractivity contribution in [1.82, 2.24) is 30.8 Å². The summed E-state index contributed by atoms with van der Waals surface area (Å²) in [6, 6.07) is 16.2. The topological polar surface area (TPSA) is 142 Å². The summed E-state index contributed by atoms with van der Waals surface area (Å²) in [5.74, 6) is 0.493. The molecule has 3 fully saturated rings. The van der Waals surface area contributed by atoms with Crippen LogP contribution in [0.5, 0.6) is 0 Å². The fourth-order valence-corrected chi connectivity index (χ4v) is 7.08. The Labute approximate surface area is 274 Å². The highest BCUT2D eigenvalue weighted by molar-refractivity contribution is 5.95. The van der Waals surface area contributed by atoms with Crippen molar-refractivity contribution in [3.8, 4) is 22.4 Å². The first-order chi connectivity index (χ1) is 22.8. The molecule has 2 aromatic carbocycles. The first-order valence-corrected chi connectivity index (χ1v) is 16.6. The number of nitrogens with zero attached hydrogens (tertiary/aromatic N) is 3. The molecule has 47 heavy (non-hydrogen) atoms. The third-order valence-corrected chi connectivity index (χ3v) is 9.69. The quantitative estimate of drug-likeness (QED) is 0.290. The summed E-state index contributed by atoms with van der Waals surface area (Å²) in [5.41, 5.74) is 5.51. The molecule has 0 radical (unpaired) electrons. The van der Waals surface area contributed by atoms with Crippen LogP contribution < -0.4 is 16.0 Å². The average molecular weight is 642 g/mol. The molecule has 1 spiro atoms. The molecule has 0 aliphatic carbocycles. The third kappa shape index (κ3) is 6.37. The fourth-order valence-electron chi connectivity index (χ4n) is 7.08.